The minimum atomic E-state index is -0.236. The molecule has 2 heteroatoms. The first-order valence-electron chi connectivity index (χ1n) is 6.81. The molecule has 0 saturated heterocycles. The van der Waals surface area contributed by atoms with Crippen molar-refractivity contribution < 1.29 is 9.59 Å². The van der Waals surface area contributed by atoms with Gasteiger partial charge in [0.25, 0.3) is 0 Å². The molecule has 0 heterocycles. The van der Waals surface area contributed by atoms with Crippen LogP contribution in [0.4, 0.5) is 0 Å². The van der Waals surface area contributed by atoms with Gasteiger partial charge in [-0.25, -0.2) is 0 Å². The van der Waals surface area contributed by atoms with Crippen molar-refractivity contribution in [3.05, 3.63) is 0 Å². The molecule has 0 N–H and O–H groups in total. The zero-order chi connectivity index (χ0) is 11.8. The van der Waals surface area contributed by atoms with Crippen LogP contribution in [0.15, 0.2) is 0 Å². The number of carbonyl (C=O) groups excluding carboxylic acids is 2. The summed E-state index contributed by atoms with van der Waals surface area (Å²) in [5, 5.41) is 0. The third kappa shape index (κ3) is 4.46. The molecule has 0 aliphatic heterocycles. The largest absolute Gasteiger partial charge is 0.299 e. The van der Waals surface area contributed by atoms with Crippen molar-refractivity contribution in [3.63, 3.8) is 0 Å². The molecule has 1 saturated carbocycles. The number of ketones is 2. The molecule has 1 fully saturated rings. The van der Waals surface area contributed by atoms with Crippen LogP contribution < -0.4 is 0 Å². The van der Waals surface area contributed by atoms with Gasteiger partial charge >= 0.3 is 0 Å². The van der Waals surface area contributed by atoms with Crippen molar-refractivity contribution >= 4 is 11.6 Å². The van der Waals surface area contributed by atoms with Crippen molar-refractivity contribution in [2.24, 2.45) is 5.92 Å². The Morgan fingerprint density at radius 2 is 1.50 bits per heavy atom. The summed E-state index contributed by atoms with van der Waals surface area (Å²) in [6, 6.07) is 0. The first-order chi connectivity index (χ1) is 7.75. The second-order valence-electron chi connectivity index (χ2n) is 4.90. The molecule has 0 aromatic heterocycles. The van der Waals surface area contributed by atoms with Gasteiger partial charge in [-0.1, -0.05) is 45.4 Å². The molecule has 1 aliphatic rings. The highest BCUT2D eigenvalue weighted by Crippen LogP contribution is 2.22. The Hall–Kier alpha value is -0.660. The fraction of sp³-hybridized carbons (Fsp3) is 0.857. The third-order valence-electron chi connectivity index (χ3n) is 3.47. The van der Waals surface area contributed by atoms with Gasteiger partial charge in [0.05, 0.1) is 5.92 Å². The van der Waals surface area contributed by atoms with Crippen molar-refractivity contribution in [2.45, 2.75) is 71.1 Å². The molecular weight excluding hydrogens is 200 g/mol. The van der Waals surface area contributed by atoms with Crippen LogP contribution in [0.25, 0.3) is 0 Å². The monoisotopic (exact) mass is 224 g/mol. The Labute approximate surface area is 98.8 Å². The quantitative estimate of drug-likeness (QED) is 0.488. The Morgan fingerprint density at radius 1 is 0.938 bits per heavy atom. The molecule has 1 aliphatic carbocycles. The molecule has 0 unspecified atom stereocenters. The van der Waals surface area contributed by atoms with Gasteiger partial charge in [0.2, 0.25) is 0 Å². The summed E-state index contributed by atoms with van der Waals surface area (Å²) in [4.78, 5) is 23.1. The average molecular weight is 224 g/mol. The van der Waals surface area contributed by atoms with Crippen molar-refractivity contribution in [3.8, 4) is 0 Å². The molecule has 92 valence electrons. The topological polar surface area (TPSA) is 34.1 Å². The highest BCUT2D eigenvalue weighted by molar-refractivity contribution is 6.04. The highest BCUT2D eigenvalue weighted by Gasteiger charge is 2.28. The molecule has 1 rings (SSSR count). The van der Waals surface area contributed by atoms with E-state index in [1.54, 1.807) is 0 Å². The molecule has 2 nitrogen and oxygen atoms in total. The van der Waals surface area contributed by atoms with E-state index < -0.39 is 0 Å². The molecule has 0 radical (unpaired) electrons. The number of rotatable bonds is 7. The van der Waals surface area contributed by atoms with Crippen LogP contribution in [0.2, 0.25) is 0 Å². The van der Waals surface area contributed by atoms with E-state index in [0.29, 0.717) is 12.8 Å². The van der Waals surface area contributed by atoms with Gasteiger partial charge in [0, 0.05) is 12.8 Å². The lowest BCUT2D eigenvalue weighted by atomic mass is 9.83. The van der Waals surface area contributed by atoms with Gasteiger partial charge < -0.3 is 0 Å². The highest BCUT2D eigenvalue weighted by atomic mass is 16.2. The average Bonchev–Trinajstić information content (AvgIpc) is 2.26. The first kappa shape index (κ1) is 13.4. The predicted molar refractivity (Wildman–Crippen MR) is 65.3 cm³/mol. The number of hydrogen-bond acceptors (Lipinski definition) is 2. The predicted octanol–water partition coefficient (Wildman–Crippen LogP) is 3.68. The summed E-state index contributed by atoms with van der Waals surface area (Å²) in [6.07, 6.45) is 10.2. The van der Waals surface area contributed by atoms with E-state index in [9.17, 15) is 9.59 Å². The van der Waals surface area contributed by atoms with E-state index in [0.717, 1.165) is 19.3 Å². The SMILES string of the molecule is CCCCCCCCC1C(=O)CCCC1=O. The van der Waals surface area contributed by atoms with Crippen molar-refractivity contribution in [1.29, 1.82) is 0 Å². The van der Waals surface area contributed by atoms with E-state index in [4.69, 9.17) is 0 Å². The van der Waals surface area contributed by atoms with Gasteiger partial charge in [-0.2, -0.15) is 0 Å². The van der Waals surface area contributed by atoms with Crippen molar-refractivity contribution in [2.75, 3.05) is 0 Å². The lowest BCUT2D eigenvalue weighted by Crippen LogP contribution is -2.28. The number of Topliss-reactive ketones (excluding diaryl/α,β-unsaturated/α-hetero) is 2. The first-order valence-corrected chi connectivity index (χ1v) is 6.81. The van der Waals surface area contributed by atoms with Crippen molar-refractivity contribution in [1.82, 2.24) is 0 Å². The van der Waals surface area contributed by atoms with Crippen LogP contribution in [0, 0.1) is 5.92 Å². The van der Waals surface area contributed by atoms with Crippen LogP contribution in [0.3, 0.4) is 0 Å². The fourth-order valence-electron chi connectivity index (χ4n) is 2.42. The van der Waals surface area contributed by atoms with Gasteiger partial charge in [0.1, 0.15) is 11.6 Å². The molecule has 0 bridgehead atoms. The summed E-state index contributed by atoms with van der Waals surface area (Å²) in [6.45, 7) is 2.21. The standard InChI is InChI=1S/C14H24O2/c1-2-3-4-5-6-7-9-12-13(15)10-8-11-14(12)16/h12H,2-11H2,1H3. The van der Waals surface area contributed by atoms with Gasteiger partial charge in [-0.3, -0.25) is 9.59 Å². The Balaban J connectivity index is 2.11. The minimum Gasteiger partial charge on any atom is -0.299 e. The molecule has 16 heavy (non-hydrogen) atoms. The Morgan fingerprint density at radius 3 is 2.12 bits per heavy atom. The minimum absolute atomic E-state index is 0.199. The Kier molecular flexibility index (Phi) is 6.36. The second kappa shape index (κ2) is 7.59. The van der Waals surface area contributed by atoms with E-state index in [-0.39, 0.29) is 17.5 Å². The summed E-state index contributed by atoms with van der Waals surface area (Å²) < 4.78 is 0. The summed E-state index contributed by atoms with van der Waals surface area (Å²) >= 11 is 0. The third-order valence-corrected chi connectivity index (χ3v) is 3.47. The molecule has 0 spiro atoms. The molecule has 0 amide bonds. The maximum atomic E-state index is 11.6. The lowest BCUT2D eigenvalue weighted by molar-refractivity contribution is -0.135. The number of hydrogen-bond donors (Lipinski definition) is 0. The summed E-state index contributed by atoms with van der Waals surface area (Å²) in [5.74, 6) is 0.162. The van der Waals surface area contributed by atoms with Gasteiger partial charge in [-0.15, -0.1) is 0 Å². The zero-order valence-electron chi connectivity index (χ0n) is 10.5. The molecule has 0 aromatic rings. The van der Waals surface area contributed by atoms with E-state index >= 15 is 0 Å². The van der Waals surface area contributed by atoms with E-state index in [2.05, 4.69) is 6.92 Å². The van der Waals surface area contributed by atoms with Crippen LogP contribution in [0.5, 0.6) is 0 Å². The second-order valence-corrected chi connectivity index (χ2v) is 4.90. The zero-order valence-corrected chi connectivity index (χ0v) is 10.5. The van der Waals surface area contributed by atoms with E-state index in [1.807, 2.05) is 0 Å². The van der Waals surface area contributed by atoms with Gasteiger partial charge in [0.15, 0.2) is 0 Å². The van der Waals surface area contributed by atoms with Crippen LogP contribution >= 0.6 is 0 Å². The van der Waals surface area contributed by atoms with Crippen LogP contribution in [0.1, 0.15) is 71.1 Å². The fourth-order valence-corrected chi connectivity index (χ4v) is 2.42. The van der Waals surface area contributed by atoms with E-state index in [1.165, 1.54) is 32.1 Å². The molecular formula is C14H24O2. The summed E-state index contributed by atoms with van der Waals surface area (Å²) in [7, 11) is 0. The summed E-state index contributed by atoms with van der Waals surface area (Å²) in [5.41, 5.74) is 0. The van der Waals surface area contributed by atoms with Gasteiger partial charge in [-0.05, 0) is 12.8 Å². The Bertz CT molecular complexity index is 217. The maximum absolute atomic E-state index is 11.6. The number of unbranched alkanes of at least 4 members (excludes halogenated alkanes) is 5. The maximum Gasteiger partial charge on any atom is 0.143 e. The normalized spacial score (nSPS) is 18.1. The lowest BCUT2D eigenvalue weighted by Gasteiger charge is -2.18. The van der Waals surface area contributed by atoms with Crippen LogP contribution in [-0.4, -0.2) is 11.6 Å². The molecule has 0 aromatic carbocycles. The molecule has 0 atom stereocenters. The number of carbonyl (C=O) groups is 2. The smallest absolute Gasteiger partial charge is 0.143 e. The van der Waals surface area contributed by atoms with Crippen LogP contribution in [-0.2, 0) is 9.59 Å².